The zero-order valence-electron chi connectivity index (χ0n) is 11.8. The molecular formula is C13H19N5O2. The largest absolute Gasteiger partial charge is 0.369 e. The van der Waals surface area contributed by atoms with E-state index in [1.165, 1.54) is 4.90 Å². The van der Waals surface area contributed by atoms with E-state index in [1.54, 1.807) is 24.1 Å². The normalized spacial score (nSPS) is 15.4. The van der Waals surface area contributed by atoms with E-state index in [4.69, 9.17) is 0 Å². The summed E-state index contributed by atoms with van der Waals surface area (Å²) in [6.45, 7) is 4.05. The summed E-state index contributed by atoms with van der Waals surface area (Å²) in [5, 5.41) is 11.0. The van der Waals surface area contributed by atoms with Crippen LogP contribution < -0.4 is 5.32 Å². The molecule has 0 aromatic carbocycles. The molecule has 7 heteroatoms. The first-order chi connectivity index (χ1) is 9.61. The summed E-state index contributed by atoms with van der Waals surface area (Å²) in [5.41, 5.74) is 0.268. The Hall–Kier alpha value is -2.18. The van der Waals surface area contributed by atoms with Gasteiger partial charge in [-0.15, -0.1) is 10.2 Å². The number of anilines is 1. The number of nitrogens with one attached hydrogen (secondary N) is 1. The molecule has 1 aliphatic rings. The maximum atomic E-state index is 12.2. The Morgan fingerprint density at radius 3 is 2.75 bits per heavy atom. The summed E-state index contributed by atoms with van der Waals surface area (Å²) >= 11 is 0. The molecule has 0 atom stereocenters. The number of carbonyl (C=O) groups excluding carboxylic acids is 2. The fourth-order valence-corrected chi connectivity index (χ4v) is 1.89. The summed E-state index contributed by atoms with van der Waals surface area (Å²) in [4.78, 5) is 26.9. The number of hydrogen-bond acceptors (Lipinski definition) is 5. The molecule has 2 amide bonds. The third-order valence-electron chi connectivity index (χ3n) is 3.18. The van der Waals surface area contributed by atoms with Crippen LogP contribution in [0.2, 0.25) is 0 Å². The maximum Gasteiger partial charge on any atom is 0.274 e. The second-order valence-electron chi connectivity index (χ2n) is 4.77. The lowest BCUT2D eigenvalue weighted by Crippen LogP contribution is -2.50. The van der Waals surface area contributed by atoms with Gasteiger partial charge in [-0.25, -0.2) is 0 Å². The van der Waals surface area contributed by atoms with Gasteiger partial charge in [0.05, 0.1) is 0 Å². The van der Waals surface area contributed by atoms with Crippen molar-refractivity contribution in [1.82, 2.24) is 20.0 Å². The van der Waals surface area contributed by atoms with E-state index in [9.17, 15) is 9.59 Å². The predicted octanol–water partition coefficient (Wildman–Crippen LogP) is 0.213. The summed E-state index contributed by atoms with van der Waals surface area (Å²) in [6, 6.07) is 3.36. The number of amides is 2. The van der Waals surface area contributed by atoms with Gasteiger partial charge < -0.3 is 15.1 Å². The van der Waals surface area contributed by atoms with Crippen molar-refractivity contribution in [3.63, 3.8) is 0 Å². The SMILES string of the molecule is CCCNc1ccc(C(=O)N2CCN(C)C(=O)C2)nn1. The van der Waals surface area contributed by atoms with E-state index in [0.29, 0.717) is 18.9 Å². The van der Waals surface area contributed by atoms with E-state index < -0.39 is 0 Å². The minimum absolute atomic E-state index is 0.0567. The van der Waals surface area contributed by atoms with Crippen molar-refractivity contribution in [3.05, 3.63) is 17.8 Å². The number of aromatic nitrogens is 2. The Kier molecular flexibility index (Phi) is 4.49. The molecule has 1 aliphatic heterocycles. The van der Waals surface area contributed by atoms with E-state index >= 15 is 0 Å². The minimum atomic E-state index is -0.249. The van der Waals surface area contributed by atoms with Gasteiger partial charge in [-0.1, -0.05) is 6.92 Å². The highest BCUT2D eigenvalue weighted by molar-refractivity contribution is 5.95. The summed E-state index contributed by atoms with van der Waals surface area (Å²) in [5.74, 6) is 0.345. The Morgan fingerprint density at radius 1 is 1.35 bits per heavy atom. The zero-order valence-corrected chi connectivity index (χ0v) is 11.8. The fourth-order valence-electron chi connectivity index (χ4n) is 1.89. The topological polar surface area (TPSA) is 78.4 Å². The molecule has 20 heavy (non-hydrogen) atoms. The second-order valence-corrected chi connectivity index (χ2v) is 4.77. The van der Waals surface area contributed by atoms with Crippen LogP contribution in [-0.4, -0.2) is 65.0 Å². The second kappa shape index (κ2) is 6.31. The van der Waals surface area contributed by atoms with Crippen LogP contribution in [0, 0.1) is 0 Å². The van der Waals surface area contributed by atoms with Crippen LogP contribution in [0.15, 0.2) is 12.1 Å². The molecule has 1 N–H and O–H groups in total. The molecule has 1 fully saturated rings. The quantitative estimate of drug-likeness (QED) is 0.851. The lowest BCUT2D eigenvalue weighted by atomic mass is 10.2. The molecule has 2 rings (SSSR count). The van der Waals surface area contributed by atoms with Crippen LogP contribution in [0.3, 0.4) is 0 Å². The number of rotatable bonds is 4. The maximum absolute atomic E-state index is 12.2. The first-order valence-electron chi connectivity index (χ1n) is 6.72. The van der Waals surface area contributed by atoms with E-state index in [2.05, 4.69) is 22.4 Å². The first kappa shape index (κ1) is 14.2. The molecule has 0 spiro atoms. The van der Waals surface area contributed by atoms with Crippen LogP contribution in [0.1, 0.15) is 23.8 Å². The molecule has 108 valence electrons. The molecule has 2 heterocycles. The molecule has 0 saturated carbocycles. The number of carbonyl (C=O) groups is 2. The smallest absolute Gasteiger partial charge is 0.274 e. The van der Waals surface area contributed by atoms with Crippen molar-refractivity contribution >= 4 is 17.6 Å². The molecule has 1 aromatic rings. The van der Waals surface area contributed by atoms with Crippen LogP contribution >= 0.6 is 0 Å². The van der Waals surface area contributed by atoms with Crippen LogP contribution in [0.25, 0.3) is 0 Å². The van der Waals surface area contributed by atoms with Crippen molar-refractivity contribution in [3.8, 4) is 0 Å². The molecule has 1 aromatic heterocycles. The molecular weight excluding hydrogens is 258 g/mol. The molecule has 0 aliphatic carbocycles. The summed E-state index contributed by atoms with van der Waals surface area (Å²) in [6.07, 6.45) is 0.992. The third-order valence-corrected chi connectivity index (χ3v) is 3.18. The van der Waals surface area contributed by atoms with Gasteiger partial charge in [0, 0.05) is 26.7 Å². The van der Waals surface area contributed by atoms with Crippen LogP contribution in [0.5, 0.6) is 0 Å². The number of nitrogens with zero attached hydrogens (tertiary/aromatic N) is 4. The molecule has 7 nitrogen and oxygen atoms in total. The van der Waals surface area contributed by atoms with Crippen molar-refractivity contribution in [2.24, 2.45) is 0 Å². The van der Waals surface area contributed by atoms with E-state index in [-0.39, 0.29) is 24.1 Å². The third kappa shape index (κ3) is 3.23. The monoisotopic (exact) mass is 277 g/mol. The van der Waals surface area contributed by atoms with Gasteiger partial charge >= 0.3 is 0 Å². The zero-order chi connectivity index (χ0) is 14.5. The molecule has 1 saturated heterocycles. The predicted molar refractivity (Wildman–Crippen MR) is 74.4 cm³/mol. The summed E-state index contributed by atoms with van der Waals surface area (Å²) in [7, 11) is 1.73. The van der Waals surface area contributed by atoms with Crippen molar-refractivity contribution in [2.75, 3.05) is 38.5 Å². The van der Waals surface area contributed by atoms with Crippen molar-refractivity contribution in [2.45, 2.75) is 13.3 Å². The molecule has 0 radical (unpaired) electrons. The summed E-state index contributed by atoms with van der Waals surface area (Å²) < 4.78 is 0. The van der Waals surface area contributed by atoms with Gasteiger partial charge in [-0.3, -0.25) is 9.59 Å². The Balaban J connectivity index is 2.00. The Labute approximate surface area is 118 Å². The Morgan fingerprint density at radius 2 is 2.15 bits per heavy atom. The highest BCUT2D eigenvalue weighted by Crippen LogP contribution is 2.08. The minimum Gasteiger partial charge on any atom is -0.369 e. The number of likely N-dealkylation sites (N-methyl/N-ethyl adjacent to an activating group) is 1. The lowest BCUT2D eigenvalue weighted by molar-refractivity contribution is -0.133. The van der Waals surface area contributed by atoms with Crippen molar-refractivity contribution < 1.29 is 9.59 Å². The van der Waals surface area contributed by atoms with Gasteiger partial charge in [-0.05, 0) is 18.6 Å². The van der Waals surface area contributed by atoms with Gasteiger partial charge in [-0.2, -0.15) is 0 Å². The average Bonchev–Trinajstić information content (AvgIpc) is 2.48. The number of piperazine rings is 1. The fraction of sp³-hybridized carbons (Fsp3) is 0.538. The van der Waals surface area contributed by atoms with Gasteiger partial charge in [0.1, 0.15) is 12.4 Å². The molecule has 0 bridgehead atoms. The average molecular weight is 277 g/mol. The first-order valence-corrected chi connectivity index (χ1v) is 6.72. The number of hydrogen-bond donors (Lipinski definition) is 1. The van der Waals surface area contributed by atoms with Gasteiger partial charge in [0.25, 0.3) is 5.91 Å². The van der Waals surface area contributed by atoms with Crippen LogP contribution in [0.4, 0.5) is 5.82 Å². The van der Waals surface area contributed by atoms with Gasteiger partial charge in [0.15, 0.2) is 5.69 Å². The van der Waals surface area contributed by atoms with E-state index in [0.717, 1.165) is 13.0 Å². The highest BCUT2D eigenvalue weighted by Gasteiger charge is 2.26. The molecule has 0 unspecified atom stereocenters. The van der Waals surface area contributed by atoms with Gasteiger partial charge in [0.2, 0.25) is 5.91 Å². The van der Waals surface area contributed by atoms with E-state index in [1.807, 2.05) is 0 Å². The van der Waals surface area contributed by atoms with Crippen LogP contribution in [-0.2, 0) is 4.79 Å². The highest BCUT2D eigenvalue weighted by atomic mass is 16.2. The lowest BCUT2D eigenvalue weighted by Gasteiger charge is -2.31. The Bertz CT molecular complexity index is 488. The van der Waals surface area contributed by atoms with Crippen molar-refractivity contribution in [1.29, 1.82) is 0 Å². The standard InChI is InChI=1S/C13H19N5O2/c1-3-6-14-11-5-4-10(15-16-11)13(20)18-8-7-17(2)12(19)9-18/h4-5H,3,6-9H2,1-2H3,(H,14,16).